The van der Waals surface area contributed by atoms with Crippen molar-refractivity contribution in [3.8, 4) is 0 Å². The molecule has 0 unspecified atom stereocenters. The number of piperidine rings is 1. The highest BCUT2D eigenvalue weighted by Gasteiger charge is 2.34. The molecule has 2 aromatic rings. The van der Waals surface area contributed by atoms with Crippen molar-refractivity contribution < 1.29 is 17.6 Å². The van der Waals surface area contributed by atoms with Crippen LogP contribution in [0.5, 0.6) is 0 Å². The van der Waals surface area contributed by atoms with Crippen LogP contribution < -0.4 is 5.32 Å². The number of furan rings is 1. The maximum atomic E-state index is 13.0. The van der Waals surface area contributed by atoms with E-state index in [4.69, 9.17) is 16.0 Å². The molecule has 0 radical (unpaired) electrons. The third kappa shape index (κ3) is 4.47. The monoisotopic (exact) mass is 396 g/mol. The van der Waals surface area contributed by atoms with Crippen molar-refractivity contribution in [1.82, 2.24) is 9.62 Å². The summed E-state index contributed by atoms with van der Waals surface area (Å²) >= 11 is 5.85. The van der Waals surface area contributed by atoms with Gasteiger partial charge in [0, 0.05) is 24.0 Å². The van der Waals surface area contributed by atoms with Crippen molar-refractivity contribution in [1.29, 1.82) is 0 Å². The first-order valence-electron chi connectivity index (χ1n) is 8.53. The van der Waals surface area contributed by atoms with Gasteiger partial charge in [-0.3, -0.25) is 4.79 Å². The minimum atomic E-state index is -3.66. The van der Waals surface area contributed by atoms with E-state index in [-0.39, 0.29) is 23.3 Å². The van der Waals surface area contributed by atoms with Gasteiger partial charge in [-0.25, -0.2) is 8.42 Å². The quantitative estimate of drug-likeness (QED) is 0.813. The summed E-state index contributed by atoms with van der Waals surface area (Å²) in [6.07, 6.45) is 4.04. The molecule has 26 heavy (non-hydrogen) atoms. The molecule has 1 amide bonds. The van der Waals surface area contributed by atoms with Gasteiger partial charge < -0.3 is 9.73 Å². The second-order valence-electron chi connectivity index (χ2n) is 6.28. The SMILES string of the molecule is O=C(C[C@H]1CCCCN1S(=O)(=O)c1ccc(Cl)cc1)NCc1ccco1. The smallest absolute Gasteiger partial charge is 0.243 e. The number of sulfonamides is 1. The van der Waals surface area contributed by atoms with Crippen molar-refractivity contribution in [3.63, 3.8) is 0 Å². The molecule has 2 heterocycles. The van der Waals surface area contributed by atoms with E-state index in [2.05, 4.69) is 5.32 Å². The first-order chi connectivity index (χ1) is 12.5. The van der Waals surface area contributed by atoms with Crippen molar-refractivity contribution in [2.45, 2.75) is 43.2 Å². The number of nitrogens with zero attached hydrogens (tertiary/aromatic N) is 1. The third-order valence-electron chi connectivity index (χ3n) is 4.45. The first kappa shape index (κ1) is 18.9. The second-order valence-corrected chi connectivity index (χ2v) is 8.61. The molecule has 1 aliphatic rings. The van der Waals surface area contributed by atoms with Crippen molar-refractivity contribution >= 4 is 27.5 Å². The zero-order chi connectivity index (χ0) is 18.6. The van der Waals surface area contributed by atoms with Crippen LogP contribution in [0.2, 0.25) is 5.02 Å². The van der Waals surface area contributed by atoms with Gasteiger partial charge in [0.2, 0.25) is 15.9 Å². The Hall–Kier alpha value is -1.83. The minimum absolute atomic E-state index is 0.132. The van der Waals surface area contributed by atoms with Crippen LogP contribution in [0.1, 0.15) is 31.4 Å². The molecule has 1 fully saturated rings. The largest absolute Gasteiger partial charge is 0.467 e. The Balaban J connectivity index is 1.68. The molecule has 1 atom stereocenters. The average molecular weight is 397 g/mol. The Morgan fingerprint density at radius 2 is 2.00 bits per heavy atom. The summed E-state index contributed by atoms with van der Waals surface area (Å²) in [5, 5.41) is 3.26. The van der Waals surface area contributed by atoms with E-state index in [1.807, 2.05) is 0 Å². The average Bonchev–Trinajstić information content (AvgIpc) is 3.14. The molecule has 1 aliphatic heterocycles. The van der Waals surface area contributed by atoms with Crippen LogP contribution in [0, 0.1) is 0 Å². The lowest BCUT2D eigenvalue weighted by atomic mass is 10.0. The summed E-state index contributed by atoms with van der Waals surface area (Å²) in [5.74, 6) is 0.470. The van der Waals surface area contributed by atoms with Crippen LogP contribution in [0.25, 0.3) is 0 Å². The predicted molar refractivity (Wildman–Crippen MR) is 98.2 cm³/mol. The Morgan fingerprint density at radius 3 is 2.69 bits per heavy atom. The highest BCUT2D eigenvalue weighted by Crippen LogP contribution is 2.27. The van der Waals surface area contributed by atoms with Crippen LogP contribution in [0.15, 0.2) is 52.0 Å². The lowest BCUT2D eigenvalue weighted by Gasteiger charge is -2.34. The molecule has 3 rings (SSSR count). The summed E-state index contributed by atoms with van der Waals surface area (Å²) in [6.45, 7) is 0.712. The molecule has 6 nitrogen and oxygen atoms in total. The van der Waals surface area contributed by atoms with E-state index >= 15 is 0 Å². The van der Waals surface area contributed by atoms with Crippen LogP contribution in [-0.4, -0.2) is 31.2 Å². The molecule has 1 aromatic heterocycles. The molecule has 0 spiro atoms. The number of carbonyl (C=O) groups is 1. The Morgan fingerprint density at radius 1 is 1.23 bits per heavy atom. The standard InChI is InChI=1S/C18H21ClN2O4S/c19-14-6-8-17(9-7-14)26(23,24)21-10-2-1-4-15(21)12-18(22)20-13-16-5-3-11-25-16/h3,5-9,11,15H,1-2,4,10,12-13H2,(H,20,22)/t15-/m1/s1. The molecule has 140 valence electrons. The summed E-state index contributed by atoms with van der Waals surface area (Å²) in [7, 11) is -3.66. The molecular formula is C18H21ClN2O4S. The Kier molecular flexibility index (Phi) is 6.01. The topological polar surface area (TPSA) is 79.6 Å². The Bertz CT molecular complexity index is 835. The van der Waals surface area contributed by atoms with Gasteiger partial charge in [-0.2, -0.15) is 4.31 Å². The van der Waals surface area contributed by atoms with Gasteiger partial charge in [-0.15, -0.1) is 0 Å². The molecule has 1 aromatic carbocycles. The van der Waals surface area contributed by atoms with Gasteiger partial charge >= 0.3 is 0 Å². The zero-order valence-corrected chi connectivity index (χ0v) is 15.8. The van der Waals surface area contributed by atoms with Gasteiger partial charge in [0.05, 0.1) is 17.7 Å². The van der Waals surface area contributed by atoms with E-state index in [9.17, 15) is 13.2 Å². The van der Waals surface area contributed by atoms with Gasteiger partial charge in [-0.05, 0) is 49.2 Å². The number of carbonyl (C=O) groups excluding carboxylic acids is 1. The van der Waals surface area contributed by atoms with E-state index in [1.54, 1.807) is 30.5 Å². The molecule has 1 N–H and O–H groups in total. The summed E-state index contributed by atoms with van der Waals surface area (Å²) < 4.78 is 32.6. The number of rotatable bonds is 6. The lowest BCUT2D eigenvalue weighted by Crippen LogP contribution is -2.45. The van der Waals surface area contributed by atoms with Gasteiger partial charge in [0.15, 0.2) is 0 Å². The number of benzene rings is 1. The maximum absolute atomic E-state index is 13.0. The molecular weight excluding hydrogens is 376 g/mol. The summed E-state index contributed by atoms with van der Waals surface area (Å²) in [4.78, 5) is 12.5. The molecule has 0 saturated carbocycles. The summed E-state index contributed by atoms with van der Waals surface area (Å²) in [6, 6.07) is 9.30. The minimum Gasteiger partial charge on any atom is -0.467 e. The van der Waals surface area contributed by atoms with Gasteiger partial charge in [0.25, 0.3) is 0 Å². The van der Waals surface area contributed by atoms with Crippen LogP contribution >= 0.6 is 11.6 Å². The zero-order valence-electron chi connectivity index (χ0n) is 14.2. The Labute approximate surface area is 158 Å². The molecule has 8 heteroatoms. The van der Waals surface area contributed by atoms with E-state index < -0.39 is 10.0 Å². The molecule has 1 saturated heterocycles. The van der Waals surface area contributed by atoms with Crippen LogP contribution in [0.4, 0.5) is 0 Å². The lowest BCUT2D eigenvalue weighted by molar-refractivity contribution is -0.122. The second kappa shape index (κ2) is 8.24. The van der Waals surface area contributed by atoms with Crippen molar-refractivity contribution in [3.05, 3.63) is 53.4 Å². The number of nitrogens with one attached hydrogen (secondary N) is 1. The van der Waals surface area contributed by atoms with Gasteiger partial charge in [0.1, 0.15) is 5.76 Å². The number of hydrogen-bond acceptors (Lipinski definition) is 4. The van der Waals surface area contributed by atoms with Crippen LogP contribution in [0.3, 0.4) is 0 Å². The number of amides is 1. The van der Waals surface area contributed by atoms with Crippen molar-refractivity contribution in [2.24, 2.45) is 0 Å². The highest BCUT2D eigenvalue weighted by molar-refractivity contribution is 7.89. The molecule has 0 bridgehead atoms. The normalized spacial score (nSPS) is 18.6. The third-order valence-corrected chi connectivity index (χ3v) is 6.67. The maximum Gasteiger partial charge on any atom is 0.243 e. The fourth-order valence-corrected chi connectivity index (χ4v) is 4.94. The first-order valence-corrected chi connectivity index (χ1v) is 10.3. The number of halogens is 1. The van der Waals surface area contributed by atoms with E-state index in [0.29, 0.717) is 30.3 Å². The predicted octanol–water partition coefficient (Wildman–Crippen LogP) is 3.18. The summed E-state index contributed by atoms with van der Waals surface area (Å²) in [5.41, 5.74) is 0. The highest BCUT2D eigenvalue weighted by atomic mass is 35.5. The van der Waals surface area contributed by atoms with Gasteiger partial charge in [-0.1, -0.05) is 18.0 Å². The van der Waals surface area contributed by atoms with E-state index in [0.717, 1.165) is 12.8 Å². The van der Waals surface area contributed by atoms with Crippen LogP contribution in [-0.2, 0) is 21.4 Å². The van der Waals surface area contributed by atoms with Crippen molar-refractivity contribution in [2.75, 3.05) is 6.54 Å². The molecule has 0 aliphatic carbocycles. The van der Waals surface area contributed by atoms with E-state index in [1.165, 1.54) is 16.4 Å². The number of hydrogen-bond donors (Lipinski definition) is 1. The fourth-order valence-electron chi connectivity index (χ4n) is 3.12. The fraction of sp³-hybridized carbons (Fsp3) is 0.389.